The zero-order valence-corrected chi connectivity index (χ0v) is 27.8. The lowest BCUT2D eigenvalue weighted by Crippen LogP contribution is -2.29. The third kappa shape index (κ3) is 27.6. The molecule has 0 aliphatic carbocycles. The van der Waals surface area contributed by atoms with Gasteiger partial charge in [0.2, 0.25) is 23.6 Å². The second kappa shape index (κ2) is 29.0. The average Bonchev–Trinajstić information content (AvgIpc) is 2.99. The predicted octanol–water partition coefficient (Wildman–Crippen LogP) is 2.94. The Morgan fingerprint density at radius 2 is 1.02 bits per heavy atom. The van der Waals surface area contributed by atoms with E-state index in [0.29, 0.717) is 88.9 Å². The van der Waals surface area contributed by atoms with E-state index < -0.39 is 0 Å². The minimum atomic E-state index is -0.372. The minimum Gasteiger partial charge on any atom is -0.356 e. The van der Waals surface area contributed by atoms with Gasteiger partial charge in [-0.05, 0) is 63.7 Å². The number of nitrogens with zero attached hydrogens (tertiary/aromatic N) is 3. The first-order valence-electron chi connectivity index (χ1n) is 16.5. The standard InChI is InChI=1S/C30H60N6O9/c1-26(2)25-28(38)31-17-7-4-11-21-35(42)29(39)15-13-24-45-33-19-9-6-12-22-36(43)30(40)16-14-23-44-32-18-8-5-10-20-34(41)27(3)37/h26,32-33,41-43H,4-25H2,1-3H3,(H,31,38). The van der Waals surface area contributed by atoms with E-state index in [4.69, 9.17) is 9.68 Å². The van der Waals surface area contributed by atoms with Gasteiger partial charge in [0.25, 0.3) is 0 Å². The minimum absolute atomic E-state index is 0.0526. The zero-order valence-electron chi connectivity index (χ0n) is 27.8. The van der Waals surface area contributed by atoms with Crippen molar-refractivity contribution in [3.63, 3.8) is 0 Å². The molecule has 0 radical (unpaired) electrons. The summed E-state index contributed by atoms with van der Waals surface area (Å²) in [5.41, 5.74) is 5.65. The van der Waals surface area contributed by atoms with Gasteiger partial charge in [0, 0.05) is 65.5 Å². The predicted molar refractivity (Wildman–Crippen MR) is 167 cm³/mol. The van der Waals surface area contributed by atoms with Gasteiger partial charge in [0.1, 0.15) is 0 Å². The highest BCUT2D eigenvalue weighted by molar-refractivity contribution is 5.76. The van der Waals surface area contributed by atoms with E-state index in [2.05, 4.69) is 16.3 Å². The van der Waals surface area contributed by atoms with Crippen molar-refractivity contribution in [3.8, 4) is 0 Å². The molecular weight excluding hydrogens is 588 g/mol. The van der Waals surface area contributed by atoms with Crippen molar-refractivity contribution in [1.29, 1.82) is 0 Å². The van der Waals surface area contributed by atoms with Crippen molar-refractivity contribution in [2.75, 3.05) is 52.5 Å². The van der Waals surface area contributed by atoms with Crippen molar-refractivity contribution in [3.05, 3.63) is 0 Å². The van der Waals surface area contributed by atoms with Gasteiger partial charge in [-0.25, -0.2) is 26.1 Å². The molecule has 0 aliphatic rings. The Labute approximate surface area is 268 Å². The summed E-state index contributed by atoms with van der Waals surface area (Å²) >= 11 is 0. The summed E-state index contributed by atoms with van der Waals surface area (Å²) < 4.78 is 0. The summed E-state index contributed by atoms with van der Waals surface area (Å²) in [4.78, 5) is 57.1. The maximum absolute atomic E-state index is 12.0. The van der Waals surface area contributed by atoms with E-state index in [1.807, 2.05) is 13.8 Å². The lowest BCUT2D eigenvalue weighted by atomic mass is 10.1. The van der Waals surface area contributed by atoms with Gasteiger partial charge in [0.15, 0.2) is 0 Å². The van der Waals surface area contributed by atoms with E-state index in [1.165, 1.54) is 6.92 Å². The van der Waals surface area contributed by atoms with Crippen molar-refractivity contribution >= 4 is 23.6 Å². The van der Waals surface area contributed by atoms with Crippen molar-refractivity contribution in [2.45, 2.75) is 111 Å². The molecule has 0 fully saturated rings. The Balaban J connectivity index is 3.52. The molecule has 0 bridgehead atoms. The lowest BCUT2D eigenvalue weighted by Gasteiger charge is -2.15. The number of carbonyl (C=O) groups is 4. The number of nitrogens with one attached hydrogen (secondary N) is 3. The van der Waals surface area contributed by atoms with E-state index >= 15 is 0 Å². The second-order valence-electron chi connectivity index (χ2n) is 11.5. The Morgan fingerprint density at radius 1 is 0.600 bits per heavy atom. The molecule has 0 aromatic rings. The molecule has 0 aromatic heterocycles. The molecule has 15 nitrogen and oxygen atoms in total. The smallest absolute Gasteiger partial charge is 0.245 e. The van der Waals surface area contributed by atoms with Crippen LogP contribution in [0, 0.1) is 5.92 Å². The Hall–Kier alpha value is -2.40. The SMILES string of the molecule is CC(=O)N(O)CCCCCNOCCCC(=O)N(O)CCCCCNOCCCC(=O)N(O)CCCCCNC(=O)CC(C)C. The molecule has 0 heterocycles. The Bertz CT molecular complexity index is 791. The molecule has 0 saturated carbocycles. The summed E-state index contributed by atoms with van der Waals surface area (Å²) in [6.07, 6.45) is 8.70. The first-order valence-corrected chi connectivity index (χ1v) is 16.5. The number of unbranched alkanes of at least 4 members (excludes halogenated alkanes) is 6. The molecule has 0 aromatic carbocycles. The third-order valence-corrected chi connectivity index (χ3v) is 6.68. The van der Waals surface area contributed by atoms with Crippen LogP contribution in [0.25, 0.3) is 0 Å². The average molecular weight is 649 g/mol. The van der Waals surface area contributed by atoms with Gasteiger partial charge >= 0.3 is 0 Å². The molecule has 6 N–H and O–H groups in total. The molecule has 0 saturated heterocycles. The van der Waals surface area contributed by atoms with Gasteiger partial charge in [-0.15, -0.1) is 0 Å². The van der Waals surface area contributed by atoms with Crippen LogP contribution in [0.3, 0.4) is 0 Å². The van der Waals surface area contributed by atoms with Crippen LogP contribution < -0.4 is 16.3 Å². The van der Waals surface area contributed by atoms with Crippen LogP contribution >= 0.6 is 0 Å². The summed E-state index contributed by atoms with van der Waals surface area (Å²) in [6.45, 7) is 8.63. The van der Waals surface area contributed by atoms with Gasteiger partial charge in [0.05, 0.1) is 13.2 Å². The number of hydrogen-bond donors (Lipinski definition) is 6. The second-order valence-corrected chi connectivity index (χ2v) is 11.5. The number of hydroxylamine groups is 8. The maximum atomic E-state index is 12.0. The fourth-order valence-corrected chi connectivity index (χ4v) is 4.05. The molecule has 45 heavy (non-hydrogen) atoms. The topological polar surface area (TPSA) is 193 Å². The normalized spacial score (nSPS) is 11.1. The summed E-state index contributed by atoms with van der Waals surface area (Å²) in [5.74, 6) is -0.682. The van der Waals surface area contributed by atoms with Crippen molar-refractivity contribution < 1.29 is 44.5 Å². The van der Waals surface area contributed by atoms with Crippen LogP contribution in [-0.2, 0) is 28.9 Å². The molecule has 0 atom stereocenters. The monoisotopic (exact) mass is 648 g/mol. The number of amides is 4. The van der Waals surface area contributed by atoms with Crippen LogP contribution in [0.2, 0.25) is 0 Å². The highest BCUT2D eigenvalue weighted by atomic mass is 16.6. The molecule has 0 rings (SSSR count). The molecule has 264 valence electrons. The molecule has 15 heteroatoms. The first-order chi connectivity index (χ1) is 21.5. The number of hydrogen-bond acceptors (Lipinski definition) is 11. The Kier molecular flexibility index (Phi) is 27.5. The lowest BCUT2D eigenvalue weighted by molar-refractivity contribution is -0.166. The van der Waals surface area contributed by atoms with Gasteiger partial charge in [-0.1, -0.05) is 26.7 Å². The summed E-state index contributed by atoms with van der Waals surface area (Å²) in [7, 11) is 0. The third-order valence-electron chi connectivity index (χ3n) is 6.68. The maximum Gasteiger partial charge on any atom is 0.245 e. The van der Waals surface area contributed by atoms with Crippen LogP contribution in [0.1, 0.15) is 111 Å². The van der Waals surface area contributed by atoms with E-state index in [-0.39, 0.29) is 49.6 Å². The molecular formula is C30H60N6O9. The van der Waals surface area contributed by atoms with Crippen LogP contribution in [0.5, 0.6) is 0 Å². The van der Waals surface area contributed by atoms with Gasteiger partial charge in [-0.2, -0.15) is 0 Å². The van der Waals surface area contributed by atoms with Crippen LogP contribution in [-0.4, -0.2) is 107 Å². The summed E-state index contributed by atoms with van der Waals surface area (Å²) in [6, 6.07) is 0. The van der Waals surface area contributed by atoms with Crippen molar-refractivity contribution in [2.24, 2.45) is 5.92 Å². The highest BCUT2D eigenvalue weighted by Gasteiger charge is 2.11. The largest absolute Gasteiger partial charge is 0.356 e. The molecule has 4 amide bonds. The van der Waals surface area contributed by atoms with Gasteiger partial charge < -0.3 is 15.0 Å². The van der Waals surface area contributed by atoms with Gasteiger partial charge in [-0.3, -0.25) is 34.8 Å². The molecule has 0 aliphatic heterocycles. The van der Waals surface area contributed by atoms with E-state index in [9.17, 15) is 34.8 Å². The first kappa shape index (κ1) is 42.6. The van der Waals surface area contributed by atoms with Crippen molar-refractivity contribution in [1.82, 2.24) is 31.5 Å². The fourth-order valence-electron chi connectivity index (χ4n) is 4.05. The fraction of sp³-hybridized carbons (Fsp3) is 0.867. The Morgan fingerprint density at radius 3 is 1.44 bits per heavy atom. The molecule has 0 unspecified atom stereocenters. The van der Waals surface area contributed by atoms with Crippen LogP contribution in [0.4, 0.5) is 0 Å². The highest BCUT2D eigenvalue weighted by Crippen LogP contribution is 2.03. The number of rotatable bonds is 30. The summed E-state index contributed by atoms with van der Waals surface area (Å²) in [5, 5.41) is 34.1. The van der Waals surface area contributed by atoms with E-state index in [1.54, 1.807) is 0 Å². The quantitative estimate of drug-likeness (QED) is 0.0381. The van der Waals surface area contributed by atoms with E-state index in [0.717, 1.165) is 48.7 Å². The molecule has 0 spiro atoms. The number of carbonyl (C=O) groups excluding carboxylic acids is 4. The zero-order chi connectivity index (χ0) is 33.7. The van der Waals surface area contributed by atoms with Crippen LogP contribution in [0.15, 0.2) is 0 Å².